The van der Waals surface area contributed by atoms with Crippen molar-refractivity contribution in [3.8, 4) is 11.8 Å². The van der Waals surface area contributed by atoms with E-state index in [9.17, 15) is 0 Å². The number of imidazole rings is 1. The van der Waals surface area contributed by atoms with Gasteiger partial charge in [-0.3, -0.25) is 0 Å². The minimum Gasteiger partial charge on any atom is -0.492 e. The predicted molar refractivity (Wildman–Crippen MR) is 68.6 cm³/mol. The lowest BCUT2D eigenvalue weighted by atomic mass is 10.2. The predicted octanol–water partition coefficient (Wildman–Crippen LogP) is 2.57. The van der Waals surface area contributed by atoms with Gasteiger partial charge in [-0.25, -0.2) is 4.98 Å². The molecule has 0 radical (unpaired) electrons. The van der Waals surface area contributed by atoms with Gasteiger partial charge in [0, 0.05) is 37.0 Å². The Bertz CT molecular complexity index is 586. The molecule has 4 nitrogen and oxygen atoms in total. The maximum Gasteiger partial charge on any atom is 0.138 e. The summed E-state index contributed by atoms with van der Waals surface area (Å²) in [5, 5.41) is 9.50. The standard InChI is InChI=1S/C13H12ClN3O/c1-17-6-5-16-13(17)4-7-18-12-8-11(14)3-2-10(12)9-15/h2-3,5-6,8H,4,7H2,1H3. The lowest BCUT2D eigenvalue weighted by Crippen LogP contribution is -2.06. The third-order valence-corrected chi connectivity index (χ3v) is 2.80. The van der Waals surface area contributed by atoms with Gasteiger partial charge in [0.05, 0.1) is 12.2 Å². The Morgan fingerprint density at radius 2 is 2.33 bits per heavy atom. The molecule has 1 aromatic carbocycles. The Kier molecular flexibility index (Phi) is 3.85. The van der Waals surface area contributed by atoms with Crippen LogP contribution >= 0.6 is 11.6 Å². The molecule has 0 atom stereocenters. The number of rotatable bonds is 4. The number of nitriles is 1. The number of halogens is 1. The van der Waals surface area contributed by atoms with Crippen LogP contribution in [0.15, 0.2) is 30.6 Å². The third-order valence-electron chi connectivity index (χ3n) is 2.57. The highest BCUT2D eigenvalue weighted by Crippen LogP contribution is 2.22. The van der Waals surface area contributed by atoms with Crippen LogP contribution < -0.4 is 4.74 Å². The first-order valence-corrected chi connectivity index (χ1v) is 5.87. The monoisotopic (exact) mass is 261 g/mol. The summed E-state index contributed by atoms with van der Waals surface area (Å²) in [5.74, 6) is 1.45. The Balaban J connectivity index is 2.00. The average molecular weight is 262 g/mol. The van der Waals surface area contributed by atoms with Crippen molar-refractivity contribution in [3.05, 3.63) is 47.0 Å². The van der Waals surface area contributed by atoms with Gasteiger partial charge in [-0.15, -0.1) is 0 Å². The molecule has 1 aromatic heterocycles. The molecule has 2 rings (SSSR count). The fourth-order valence-corrected chi connectivity index (χ4v) is 1.76. The summed E-state index contributed by atoms with van der Waals surface area (Å²) >= 11 is 5.87. The van der Waals surface area contributed by atoms with E-state index in [0.717, 1.165) is 5.82 Å². The van der Waals surface area contributed by atoms with Gasteiger partial charge in [0.1, 0.15) is 17.6 Å². The number of nitrogens with zero attached hydrogens (tertiary/aromatic N) is 3. The fourth-order valence-electron chi connectivity index (χ4n) is 1.60. The largest absolute Gasteiger partial charge is 0.492 e. The summed E-state index contributed by atoms with van der Waals surface area (Å²) in [4.78, 5) is 4.20. The van der Waals surface area contributed by atoms with Crippen molar-refractivity contribution < 1.29 is 4.74 Å². The van der Waals surface area contributed by atoms with Crippen molar-refractivity contribution in [2.75, 3.05) is 6.61 Å². The van der Waals surface area contributed by atoms with E-state index in [2.05, 4.69) is 11.1 Å². The molecule has 0 unspecified atom stereocenters. The van der Waals surface area contributed by atoms with E-state index in [1.54, 1.807) is 24.4 Å². The van der Waals surface area contributed by atoms with Crippen LogP contribution in [0, 0.1) is 11.3 Å². The highest BCUT2D eigenvalue weighted by atomic mass is 35.5. The number of hydrogen-bond donors (Lipinski definition) is 0. The Labute approximate surface area is 110 Å². The summed E-state index contributed by atoms with van der Waals surface area (Å²) in [6, 6.07) is 7.05. The van der Waals surface area contributed by atoms with Gasteiger partial charge in [-0.1, -0.05) is 11.6 Å². The van der Waals surface area contributed by atoms with E-state index in [1.165, 1.54) is 0 Å². The maximum absolute atomic E-state index is 8.95. The highest BCUT2D eigenvalue weighted by molar-refractivity contribution is 6.30. The minimum atomic E-state index is 0.458. The van der Waals surface area contributed by atoms with Gasteiger partial charge in [-0.2, -0.15) is 5.26 Å². The van der Waals surface area contributed by atoms with E-state index in [-0.39, 0.29) is 0 Å². The molecule has 0 saturated carbocycles. The molecule has 0 amide bonds. The molecule has 18 heavy (non-hydrogen) atoms. The molecule has 5 heteroatoms. The number of aryl methyl sites for hydroxylation is 1. The molecule has 1 heterocycles. The normalized spacial score (nSPS) is 10.1. The molecule has 0 spiro atoms. The zero-order chi connectivity index (χ0) is 13.0. The SMILES string of the molecule is Cn1ccnc1CCOc1cc(Cl)ccc1C#N. The quantitative estimate of drug-likeness (QED) is 0.850. The summed E-state index contributed by atoms with van der Waals surface area (Å²) in [5.41, 5.74) is 0.485. The first-order chi connectivity index (χ1) is 8.70. The molecule has 92 valence electrons. The van der Waals surface area contributed by atoms with Crippen LogP contribution in [-0.2, 0) is 13.5 Å². The highest BCUT2D eigenvalue weighted by Gasteiger charge is 2.05. The van der Waals surface area contributed by atoms with Crippen LogP contribution in [0.4, 0.5) is 0 Å². The smallest absolute Gasteiger partial charge is 0.138 e. The van der Waals surface area contributed by atoms with E-state index in [0.29, 0.717) is 29.4 Å². The maximum atomic E-state index is 8.95. The van der Waals surface area contributed by atoms with Crippen molar-refractivity contribution in [2.24, 2.45) is 7.05 Å². The van der Waals surface area contributed by atoms with Crippen molar-refractivity contribution in [2.45, 2.75) is 6.42 Å². The fraction of sp³-hybridized carbons (Fsp3) is 0.231. The van der Waals surface area contributed by atoms with Crippen LogP contribution in [0.1, 0.15) is 11.4 Å². The number of benzene rings is 1. The van der Waals surface area contributed by atoms with Gasteiger partial charge in [0.25, 0.3) is 0 Å². The van der Waals surface area contributed by atoms with Gasteiger partial charge >= 0.3 is 0 Å². The number of ether oxygens (including phenoxy) is 1. The molecular formula is C13H12ClN3O. The molecule has 0 aliphatic rings. The second kappa shape index (κ2) is 5.56. The minimum absolute atomic E-state index is 0.458. The third kappa shape index (κ3) is 2.82. The van der Waals surface area contributed by atoms with E-state index in [1.807, 2.05) is 17.8 Å². The van der Waals surface area contributed by atoms with Gasteiger partial charge in [0.15, 0.2) is 0 Å². The van der Waals surface area contributed by atoms with Crippen LogP contribution in [0.5, 0.6) is 5.75 Å². The van der Waals surface area contributed by atoms with E-state index >= 15 is 0 Å². The second-order valence-corrected chi connectivity index (χ2v) is 4.24. The molecule has 0 aliphatic heterocycles. The average Bonchev–Trinajstić information content (AvgIpc) is 2.76. The first kappa shape index (κ1) is 12.5. The molecule has 0 saturated heterocycles. The topological polar surface area (TPSA) is 50.8 Å². The lowest BCUT2D eigenvalue weighted by Gasteiger charge is -2.08. The zero-order valence-electron chi connectivity index (χ0n) is 9.93. The van der Waals surface area contributed by atoms with Crippen LogP contribution in [-0.4, -0.2) is 16.2 Å². The zero-order valence-corrected chi connectivity index (χ0v) is 10.7. The second-order valence-electron chi connectivity index (χ2n) is 3.81. The van der Waals surface area contributed by atoms with E-state index in [4.69, 9.17) is 21.6 Å². The van der Waals surface area contributed by atoms with Crippen molar-refractivity contribution >= 4 is 11.6 Å². The van der Waals surface area contributed by atoms with Crippen LogP contribution in [0.2, 0.25) is 5.02 Å². The van der Waals surface area contributed by atoms with Gasteiger partial charge < -0.3 is 9.30 Å². The summed E-state index contributed by atoms with van der Waals surface area (Å²) < 4.78 is 7.51. The first-order valence-electron chi connectivity index (χ1n) is 5.49. The molecular weight excluding hydrogens is 250 g/mol. The van der Waals surface area contributed by atoms with Crippen molar-refractivity contribution in [1.82, 2.24) is 9.55 Å². The van der Waals surface area contributed by atoms with Crippen molar-refractivity contribution in [3.63, 3.8) is 0 Å². The molecule has 0 bridgehead atoms. The molecule has 0 N–H and O–H groups in total. The van der Waals surface area contributed by atoms with Gasteiger partial charge in [0.2, 0.25) is 0 Å². The summed E-state index contributed by atoms with van der Waals surface area (Å²) in [7, 11) is 1.93. The Morgan fingerprint density at radius 3 is 3.00 bits per heavy atom. The lowest BCUT2D eigenvalue weighted by molar-refractivity contribution is 0.316. The number of hydrogen-bond acceptors (Lipinski definition) is 3. The molecule has 2 aromatic rings. The van der Waals surface area contributed by atoms with Crippen LogP contribution in [0.25, 0.3) is 0 Å². The van der Waals surface area contributed by atoms with Crippen LogP contribution in [0.3, 0.4) is 0 Å². The Morgan fingerprint density at radius 1 is 1.50 bits per heavy atom. The number of aromatic nitrogens is 2. The molecule has 0 fully saturated rings. The van der Waals surface area contributed by atoms with Gasteiger partial charge in [-0.05, 0) is 12.1 Å². The van der Waals surface area contributed by atoms with Crippen molar-refractivity contribution in [1.29, 1.82) is 5.26 Å². The summed E-state index contributed by atoms with van der Waals surface area (Å²) in [6.07, 6.45) is 4.31. The van der Waals surface area contributed by atoms with E-state index < -0.39 is 0 Å². The Hall–Kier alpha value is -1.99. The summed E-state index contributed by atoms with van der Waals surface area (Å²) in [6.45, 7) is 0.458. The molecule has 0 aliphatic carbocycles.